The number of hydrogen-bond acceptors (Lipinski definition) is 2. The van der Waals surface area contributed by atoms with E-state index in [1.54, 1.807) is 0 Å². The third kappa shape index (κ3) is 5.88. The lowest BCUT2D eigenvalue weighted by atomic mass is 10.0. The lowest BCUT2D eigenvalue weighted by Gasteiger charge is -2.20. The lowest BCUT2D eigenvalue weighted by molar-refractivity contribution is -0.114. The fourth-order valence-electron chi connectivity index (χ4n) is 2.21. The van der Waals surface area contributed by atoms with E-state index in [-0.39, 0.29) is 5.91 Å². The van der Waals surface area contributed by atoms with Crippen molar-refractivity contribution in [3.05, 3.63) is 29.8 Å². The zero-order chi connectivity index (χ0) is 14.3. The third-order valence-electron chi connectivity index (χ3n) is 3.34. The Labute approximate surface area is 116 Å². The first kappa shape index (κ1) is 15.7. The molecule has 1 aromatic carbocycles. The van der Waals surface area contributed by atoms with Gasteiger partial charge in [-0.25, -0.2) is 0 Å². The molecule has 2 N–H and O–H groups in total. The van der Waals surface area contributed by atoms with Crippen LogP contribution in [0.5, 0.6) is 0 Å². The van der Waals surface area contributed by atoms with Gasteiger partial charge >= 0.3 is 0 Å². The molecule has 0 fully saturated rings. The smallest absolute Gasteiger partial charge is 0.221 e. The van der Waals surface area contributed by atoms with Gasteiger partial charge in [0.05, 0.1) is 0 Å². The average molecular weight is 262 g/mol. The first-order valence-corrected chi connectivity index (χ1v) is 7.12. The molecule has 0 saturated heterocycles. The van der Waals surface area contributed by atoms with Crippen molar-refractivity contribution in [3.63, 3.8) is 0 Å². The van der Waals surface area contributed by atoms with Gasteiger partial charge in [-0.3, -0.25) is 4.79 Å². The van der Waals surface area contributed by atoms with E-state index in [0.29, 0.717) is 12.0 Å². The minimum Gasteiger partial charge on any atom is -0.326 e. The van der Waals surface area contributed by atoms with E-state index in [0.717, 1.165) is 18.7 Å². The predicted molar refractivity (Wildman–Crippen MR) is 81.4 cm³/mol. The Morgan fingerprint density at radius 2 is 1.84 bits per heavy atom. The van der Waals surface area contributed by atoms with Gasteiger partial charge in [0.15, 0.2) is 0 Å². The molecule has 0 heterocycles. The van der Waals surface area contributed by atoms with Crippen molar-refractivity contribution in [1.82, 2.24) is 5.32 Å². The number of amides is 1. The molecule has 1 aromatic rings. The summed E-state index contributed by atoms with van der Waals surface area (Å²) >= 11 is 0. The molecule has 0 spiro atoms. The molecule has 0 aromatic heterocycles. The van der Waals surface area contributed by atoms with Crippen LogP contribution in [0.15, 0.2) is 24.3 Å². The van der Waals surface area contributed by atoms with E-state index in [2.05, 4.69) is 43.5 Å². The second-order valence-electron chi connectivity index (χ2n) is 5.34. The monoisotopic (exact) mass is 262 g/mol. The van der Waals surface area contributed by atoms with Gasteiger partial charge in [-0.05, 0) is 43.0 Å². The number of nitrogens with one attached hydrogen (secondary N) is 2. The second-order valence-corrected chi connectivity index (χ2v) is 5.34. The van der Waals surface area contributed by atoms with Crippen molar-refractivity contribution in [2.24, 2.45) is 5.92 Å². The second kappa shape index (κ2) is 7.95. The summed E-state index contributed by atoms with van der Waals surface area (Å²) in [5.41, 5.74) is 2.15. The zero-order valence-electron chi connectivity index (χ0n) is 12.5. The minimum atomic E-state index is -0.0304. The van der Waals surface area contributed by atoms with E-state index >= 15 is 0 Å². The molecular formula is C16H26N2O. The molecule has 0 unspecified atom stereocenters. The molecule has 1 amide bonds. The van der Waals surface area contributed by atoms with Crippen LogP contribution >= 0.6 is 0 Å². The maximum Gasteiger partial charge on any atom is 0.221 e. The van der Waals surface area contributed by atoms with Crippen molar-refractivity contribution in [2.45, 2.75) is 46.6 Å². The maximum absolute atomic E-state index is 10.9. The number of hydrogen-bond donors (Lipinski definition) is 2. The topological polar surface area (TPSA) is 41.1 Å². The van der Waals surface area contributed by atoms with Gasteiger partial charge in [-0.1, -0.05) is 32.9 Å². The van der Waals surface area contributed by atoms with Crippen molar-refractivity contribution < 1.29 is 4.79 Å². The molecule has 0 bridgehead atoms. The molecular weight excluding hydrogens is 236 g/mol. The number of carbonyl (C=O) groups is 1. The van der Waals surface area contributed by atoms with Crippen LogP contribution in [0.1, 0.15) is 39.7 Å². The van der Waals surface area contributed by atoms with Crippen LogP contribution in [-0.2, 0) is 11.2 Å². The van der Waals surface area contributed by atoms with E-state index < -0.39 is 0 Å². The van der Waals surface area contributed by atoms with Crippen LogP contribution in [0.4, 0.5) is 5.69 Å². The van der Waals surface area contributed by atoms with Crippen molar-refractivity contribution in [1.29, 1.82) is 0 Å². The molecule has 1 rings (SSSR count). The molecule has 0 radical (unpaired) electrons. The summed E-state index contributed by atoms with van der Waals surface area (Å²) in [6, 6.07) is 8.65. The van der Waals surface area contributed by atoms with E-state index in [9.17, 15) is 4.79 Å². The van der Waals surface area contributed by atoms with Gasteiger partial charge < -0.3 is 10.6 Å². The summed E-state index contributed by atoms with van der Waals surface area (Å²) in [7, 11) is 0. The van der Waals surface area contributed by atoms with Crippen LogP contribution < -0.4 is 10.6 Å². The van der Waals surface area contributed by atoms with Crippen LogP contribution in [0, 0.1) is 5.92 Å². The molecule has 1 atom stereocenters. The SMILES string of the molecule is CC[C@H](NCCc1ccc(NC(C)=O)cc1)C(C)C. The fraction of sp³-hybridized carbons (Fsp3) is 0.562. The largest absolute Gasteiger partial charge is 0.326 e. The summed E-state index contributed by atoms with van der Waals surface area (Å²) in [5.74, 6) is 0.643. The van der Waals surface area contributed by atoms with Crippen LogP contribution in [0.2, 0.25) is 0 Å². The molecule has 0 aliphatic carbocycles. The van der Waals surface area contributed by atoms with Gasteiger partial charge in [-0.15, -0.1) is 0 Å². The van der Waals surface area contributed by atoms with Crippen molar-refractivity contribution in [2.75, 3.05) is 11.9 Å². The van der Waals surface area contributed by atoms with Gasteiger partial charge in [0, 0.05) is 18.7 Å². The highest BCUT2D eigenvalue weighted by molar-refractivity contribution is 5.88. The Hall–Kier alpha value is -1.35. The zero-order valence-corrected chi connectivity index (χ0v) is 12.5. The summed E-state index contributed by atoms with van der Waals surface area (Å²) in [4.78, 5) is 10.9. The van der Waals surface area contributed by atoms with E-state index in [4.69, 9.17) is 0 Å². The number of anilines is 1. The number of benzene rings is 1. The third-order valence-corrected chi connectivity index (χ3v) is 3.34. The normalized spacial score (nSPS) is 12.5. The Bertz CT molecular complexity index is 384. The summed E-state index contributed by atoms with van der Waals surface area (Å²) < 4.78 is 0. The predicted octanol–water partition coefficient (Wildman–Crippen LogP) is 3.21. The standard InChI is InChI=1S/C16H26N2O/c1-5-16(12(2)3)17-11-10-14-6-8-15(9-7-14)18-13(4)19/h6-9,12,16-17H,5,10-11H2,1-4H3,(H,18,19)/t16-/m0/s1. The molecule has 0 aliphatic heterocycles. The quantitative estimate of drug-likeness (QED) is 0.792. The summed E-state index contributed by atoms with van der Waals surface area (Å²) in [6.45, 7) is 9.25. The first-order valence-electron chi connectivity index (χ1n) is 7.12. The Balaban J connectivity index is 2.39. The highest BCUT2D eigenvalue weighted by Gasteiger charge is 2.09. The van der Waals surface area contributed by atoms with E-state index in [1.165, 1.54) is 18.9 Å². The Morgan fingerprint density at radius 3 is 2.32 bits per heavy atom. The first-order chi connectivity index (χ1) is 9.02. The molecule has 3 nitrogen and oxygen atoms in total. The minimum absolute atomic E-state index is 0.0304. The Kier molecular flexibility index (Phi) is 6.57. The van der Waals surface area contributed by atoms with Gasteiger partial charge in [-0.2, -0.15) is 0 Å². The molecule has 3 heteroatoms. The molecule has 106 valence electrons. The van der Waals surface area contributed by atoms with Gasteiger partial charge in [0.25, 0.3) is 0 Å². The summed E-state index contributed by atoms with van der Waals surface area (Å²) in [5, 5.41) is 6.37. The number of carbonyl (C=O) groups excluding carboxylic acids is 1. The molecule has 19 heavy (non-hydrogen) atoms. The average Bonchev–Trinajstić information content (AvgIpc) is 2.35. The maximum atomic E-state index is 10.9. The highest BCUT2D eigenvalue weighted by Crippen LogP contribution is 2.10. The van der Waals surface area contributed by atoms with Crippen LogP contribution in [0.25, 0.3) is 0 Å². The van der Waals surface area contributed by atoms with Crippen LogP contribution in [0.3, 0.4) is 0 Å². The van der Waals surface area contributed by atoms with Crippen molar-refractivity contribution in [3.8, 4) is 0 Å². The van der Waals surface area contributed by atoms with Gasteiger partial charge in [0.1, 0.15) is 0 Å². The highest BCUT2D eigenvalue weighted by atomic mass is 16.1. The van der Waals surface area contributed by atoms with E-state index in [1.807, 2.05) is 12.1 Å². The molecule has 0 aliphatic rings. The fourth-order valence-corrected chi connectivity index (χ4v) is 2.21. The van der Waals surface area contributed by atoms with Crippen LogP contribution in [-0.4, -0.2) is 18.5 Å². The Morgan fingerprint density at radius 1 is 1.21 bits per heavy atom. The van der Waals surface area contributed by atoms with Gasteiger partial charge in [0.2, 0.25) is 5.91 Å². The summed E-state index contributed by atoms with van der Waals surface area (Å²) in [6.07, 6.45) is 2.18. The van der Waals surface area contributed by atoms with Crippen molar-refractivity contribution >= 4 is 11.6 Å². The molecule has 0 saturated carbocycles. The number of rotatable bonds is 7. The lowest BCUT2D eigenvalue weighted by Crippen LogP contribution is -2.34.